The van der Waals surface area contributed by atoms with Crippen molar-refractivity contribution in [3.8, 4) is 0 Å². The molecule has 0 aliphatic heterocycles. The number of oxime groups is 1. The predicted octanol–water partition coefficient (Wildman–Crippen LogP) is 1.94. The highest BCUT2D eigenvalue weighted by Crippen LogP contribution is 2.11. The largest absolute Gasteiger partial charge is 0.377 e. The summed E-state index contributed by atoms with van der Waals surface area (Å²) in [6, 6.07) is 0. The zero-order chi connectivity index (χ0) is 9.56. The van der Waals surface area contributed by atoms with Gasteiger partial charge in [0, 0.05) is 12.6 Å². The third kappa shape index (κ3) is 3.22. The van der Waals surface area contributed by atoms with Crippen molar-refractivity contribution < 1.29 is 4.84 Å². The van der Waals surface area contributed by atoms with E-state index in [1.54, 1.807) is 0 Å². The number of nitrogens with zero attached hydrogens (tertiary/aromatic N) is 2. The van der Waals surface area contributed by atoms with Crippen molar-refractivity contribution in [2.24, 2.45) is 11.1 Å². The molecular weight excluding hydrogens is 152 g/mol. The molecule has 0 aliphatic carbocycles. The molecule has 3 nitrogen and oxygen atoms in total. The normalized spacial score (nSPS) is 13.5. The molecule has 72 valence electrons. The lowest BCUT2D eigenvalue weighted by Gasteiger charge is -2.29. The Labute approximate surface area is 75.4 Å². The average Bonchev–Trinajstić information content (AvgIpc) is 2.05. The van der Waals surface area contributed by atoms with Gasteiger partial charge in [0.1, 0.15) is 0 Å². The molecule has 0 saturated heterocycles. The van der Waals surface area contributed by atoms with Crippen molar-refractivity contribution in [3.63, 3.8) is 0 Å². The van der Waals surface area contributed by atoms with Gasteiger partial charge in [-0.1, -0.05) is 27.7 Å². The van der Waals surface area contributed by atoms with Crippen LogP contribution in [0.2, 0.25) is 0 Å². The molecule has 3 heteroatoms. The van der Waals surface area contributed by atoms with Gasteiger partial charge in [0.15, 0.2) is 6.23 Å². The molecule has 0 fully saturated rings. The quantitative estimate of drug-likeness (QED) is 0.347. The molecule has 1 unspecified atom stereocenters. The minimum Gasteiger partial charge on any atom is -0.377 e. The van der Waals surface area contributed by atoms with Gasteiger partial charge in [0.05, 0.1) is 0 Å². The number of hydrogen-bond acceptors (Lipinski definition) is 3. The minimum atomic E-state index is 0.0671. The SMILES string of the molecule is C=NOC(C(C)C)N(CC)CC. The second-order valence-electron chi connectivity index (χ2n) is 3.09. The van der Waals surface area contributed by atoms with Crippen molar-refractivity contribution >= 4 is 6.72 Å². The molecule has 0 spiro atoms. The molecule has 1 atom stereocenters. The summed E-state index contributed by atoms with van der Waals surface area (Å²) in [5.41, 5.74) is 0. The Hall–Kier alpha value is -0.570. The molecule has 0 amide bonds. The predicted molar refractivity (Wildman–Crippen MR) is 52.2 cm³/mol. The van der Waals surface area contributed by atoms with Crippen molar-refractivity contribution in [2.75, 3.05) is 13.1 Å². The smallest absolute Gasteiger partial charge is 0.183 e. The molecule has 0 aromatic carbocycles. The van der Waals surface area contributed by atoms with Gasteiger partial charge in [-0.15, -0.1) is 5.16 Å². The van der Waals surface area contributed by atoms with Gasteiger partial charge in [-0.3, -0.25) is 4.90 Å². The molecule has 0 N–H and O–H groups in total. The van der Waals surface area contributed by atoms with E-state index in [2.05, 4.69) is 44.5 Å². The molecule has 0 saturated carbocycles. The van der Waals surface area contributed by atoms with Crippen LogP contribution >= 0.6 is 0 Å². The van der Waals surface area contributed by atoms with Crippen LogP contribution in [0, 0.1) is 5.92 Å². The monoisotopic (exact) mass is 172 g/mol. The Kier molecular flexibility index (Phi) is 5.72. The van der Waals surface area contributed by atoms with E-state index < -0.39 is 0 Å². The summed E-state index contributed by atoms with van der Waals surface area (Å²) < 4.78 is 0. The first-order chi connectivity index (χ1) is 5.67. The third-order valence-electron chi connectivity index (χ3n) is 1.93. The third-order valence-corrected chi connectivity index (χ3v) is 1.93. The Morgan fingerprint density at radius 3 is 2.08 bits per heavy atom. The van der Waals surface area contributed by atoms with Crippen molar-refractivity contribution in [2.45, 2.75) is 33.9 Å². The second kappa shape index (κ2) is 6.00. The van der Waals surface area contributed by atoms with Gasteiger partial charge in [-0.05, 0) is 13.1 Å². The van der Waals surface area contributed by atoms with Gasteiger partial charge in [-0.2, -0.15) is 0 Å². The van der Waals surface area contributed by atoms with Gasteiger partial charge in [0.25, 0.3) is 0 Å². The Bertz CT molecular complexity index is 122. The molecule has 0 radical (unpaired) electrons. The Morgan fingerprint density at radius 2 is 1.83 bits per heavy atom. The molecule has 0 rings (SSSR count). The van der Waals surface area contributed by atoms with E-state index in [4.69, 9.17) is 4.84 Å². The fraction of sp³-hybridized carbons (Fsp3) is 0.889. The maximum atomic E-state index is 5.19. The zero-order valence-corrected chi connectivity index (χ0v) is 8.58. The first kappa shape index (κ1) is 11.4. The summed E-state index contributed by atoms with van der Waals surface area (Å²) in [6.07, 6.45) is 0.0671. The van der Waals surface area contributed by atoms with Gasteiger partial charge in [-0.25, -0.2) is 0 Å². The van der Waals surface area contributed by atoms with Crippen LogP contribution in [0.25, 0.3) is 0 Å². The van der Waals surface area contributed by atoms with E-state index in [1.165, 1.54) is 0 Å². The van der Waals surface area contributed by atoms with Crippen LogP contribution in [-0.2, 0) is 4.84 Å². The zero-order valence-electron chi connectivity index (χ0n) is 8.58. The summed E-state index contributed by atoms with van der Waals surface area (Å²) in [4.78, 5) is 7.41. The fourth-order valence-electron chi connectivity index (χ4n) is 1.27. The number of hydrogen-bond donors (Lipinski definition) is 0. The molecule has 0 aromatic heterocycles. The van der Waals surface area contributed by atoms with Crippen LogP contribution < -0.4 is 0 Å². The van der Waals surface area contributed by atoms with E-state index in [1.807, 2.05) is 0 Å². The Balaban J connectivity index is 4.14. The highest BCUT2D eigenvalue weighted by molar-refractivity contribution is 5.21. The van der Waals surface area contributed by atoms with Crippen molar-refractivity contribution in [3.05, 3.63) is 0 Å². The van der Waals surface area contributed by atoms with E-state index in [-0.39, 0.29) is 6.23 Å². The first-order valence-corrected chi connectivity index (χ1v) is 4.53. The average molecular weight is 172 g/mol. The minimum absolute atomic E-state index is 0.0671. The maximum Gasteiger partial charge on any atom is 0.183 e. The molecular formula is C9H20N2O. The topological polar surface area (TPSA) is 24.8 Å². The lowest BCUT2D eigenvalue weighted by molar-refractivity contribution is -0.0801. The van der Waals surface area contributed by atoms with Gasteiger partial charge < -0.3 is 4.84 Å². The lowest BCUT2D eigenvalue weighted by atomic mass is 10.1. The van der Waals surface area contributed by atoms with Crippen LogP contribution in [0.5, 0.6) is 0 Å². The summed E-state index contributed by atoms with van der Waals surface area (Å²) in [5, 5.41) is 3.48. The highest BCUT2D eigenvalue weighted by Gasteiger charge is 2.20. The van der Waals surface area contributed by atoms with E-state index in [0.717, 1.165) is 13.1 Å². The summed E-state index contributed by atoms with van der Waals surface area (Å²) in [6.45, 7) is 13.8. The second-order valence-corrected chi connectivity index (χ2v) is 3.09. The summed E-state index contributed by atoms with van der Waals surface area (Å²) >= 11 is 0. The molecule has 0 aromatic rings. The van der Waals surface area contributed by atoms with Crippen LogP contribution in [0.1, 0.15) is 27.7 Å². The summed E-state index contributed by atoms with van der Waals surface area (Å²) in [5.74, 6) is 0.440. The van der Waals surface area contributed by atoms with Crippen LogP contribution in [0.15, 0.2) is 5.16 Å². The standard InChI is InChI=1S/C9H20N2O/c1-6-11(7-2)9(8(3)4)12-10-5/h8-9H,5-7H2,1-4H3. The first-order valence-electron chi connectivity index (χ1n) is 4.53. The highest BCUT2D eigenvalue weighted by atomic mass is 16.6. The van der Waals surface area contributed by atoms with Crippen LogP contribution in [0.3, 0.4) is 0 Å². The Morgan fingerprint density at radius 1 is 1.33 bits per heavy atom. The molecule has 12 heavy (non-hydrogen) atoms. The fourth-order valence-corrected chi connectivity index (χ4v) is 1.27. The summed E-state index contributed by atoms with van der Waals surface area (Å²) in [7, 11) is 0. The van der Waals surface area contributed by atoms with Crippen molar-refractivity contribution in [1.82, 2.24) is 4.90 Å². The van der Waals surface area contributed by atoms with E-state index in [0.29, 0.717) is 5.92 Å². The molecule has 0 bridgehead atoms. The van der Waals surface area contributed by atoms with E-state index >= 15 is 0 Å². The van der Waals surface area contributed by atoms with Gasteiger partial charge >= 0.3 is 0 Å². The molecule has 0 aliphatic rings. The lowest BCUT2D eigenvalue weighted by Crippen LogP contribution is -2.39. The maximum absolute atomic E-state index is 5.19. The molecule has 0 heterocycles. The van der Waals surface area contributed by atoms with Crippen LogP contribution in [-0.4, -0.2) is 30.9 Å². The van der Waals surface area contributed by atoms with E-state index in [9.17, 15) is 0 Å². The van der Waals surface area contributed by atoms with Crippen LogP contribution in [0.4, 0.5) is 0 Å². The van der Waals surface area contributed by atoms with Crippen molar-refractivity contribution in [1.29, 1.82) is 0 Å². The van der Waals surface area contributed by atoms with Gasteiger partial charge in [0.2, 0.25) is 0 Å². The number of rotatable bonds is 6.